The molecule has 1 fully saturated rings. The van der Waals surface area contributed by atoms with Gasteiger partial charge in [-0.25, -0.2) is 0 Å². The molecule has 4 heterocycles. The molecule has 2 amide bonds. The van der Waals surface area contributed by atoms with Gasteiger partial charge in [0.05, 0.1) is 6.54 Å². The number of hydrogen-bond donors (Lipinski definition) is 0. The van der Waals surface area contributed by atoms with Crippen LogP contribution in [0.3, 0.4) is 0 Å². The van der Waals surface area contributed by atoms with Crippen molar-refractivity contribution in [2.45, 2.75) is 25.4 Å². The van der Waals surface area contributed by atoms with Crippen molar-refractivity contribution < 1.29 is 9.59 Å². The van der Waals surface area contributed by atoms with Gasteiger partial charge in [0, 0.05) is 38.8 Å². The first-order valence-corrected chi connectivity index (χ1v) is 8.10. The second kappa shape index (κ2) is 5.73. The van der Waals surface area contributed by atoms with Crippen LogP contribution in [0.25, 0.3) is 0 Å². The van der Waals surface area contributed by atoms with E-state index in [1.54, 1.807) is 35.4 Å². The number of nitrogens with zero attached hydrogens (tertiary/aromatic N) is 7. The molecule has 9 nitrogen and oxygen atoms in total. The number of fused-ring (bicyclic) bond motifs is 1. The molecule has 24 heavy (non-hydrogen) atoms. The lowest BCUT2D eigenvalue weighted by molar-refractivity contribution is 0.0684. The van der Waals surface area contributed by atoms with E-state index in [2.05, 4.69) is 15.3 Å². The van der Waals surface area contributed by atoms with E-state index in [4.69, 9.17) is 0 Å². The monoisotopic (exact) mass is 329 g/mol. The molecule has 2 aliphatic heterocycles. The lowest BCUT2D eigenvalue weighted by Gasteiger charge is -2.31. The second-order valence-electron chi connectivity index (χ2n) is 6.30. The van der Waals surface area contributed by atoms with Crippen molar-refractivity contribution in [3.63, 3.8) is 0 Å². The van der Waals surface area contributed by atoms with Gasteiger partial charge in [-0.15, -0.1) is 10.2 Å². The number of likely N-dealkylation sites (N-methyl/N-ethyl adjacent to an activating group) is 1. The summed E-state index contributed by atoms with van der Waals surface area (Å²) in [6.07, 6.45) is 5.15. The first-order chi connectivity index (χ1) is 11.6. The van der Waals surface area contributed by atoms with Crippen LogP contribution in [0.5, 0.6) is 0 Å². The lowest BCUT2D eigenvalue weighted by Crippen LogP contribution is -2.39. The number of likely N-dealkylation sites (tertiary alicyclic amines) is 1. The Labute approximate surface area is 138 Å². The summed E-state index contributed by atoms with van der Waals surface area (Å²) in [5, 5.41) is 12.0. The number of piperidine rings is 1. The Morgan fingerprint density at radius 1 is 1.12 bits per heavy atom. The first kappa shape index (κ1) is 14.9. The van der Waals surface area contributed by atoms with E-state index in [-0.39, 0.29) is 11.8 Å². The Morgan fingerprint density at radius 2 is 1.83 bits per heavy atom. The van der Waals surface area contributed by atoms with Gasteiger partial charge in [-0.05, 0) is 12.8 Å². The topological polar surface area (TPSA) is 89.2 Å². The van der Waals surface area contributed by atoms with E-state index in [1.807, 2.05) is 9.47 Å². The maximum atomic E-state index is 12.7. The fraction of sp³-hybridized carbons (Fsp3) is 0.533. The minimum absolute atomic E-state index is 0.0842. The Hall–Kier alpha value is -2.71. The highest BCUT2D eigenvalue weighted by Crippen LogP contribution is 2.23. The third-order valence-electron chi connectivity index (χ3n) is 4.82. The van der Waals surface area contributed by atoms with E-state index in [1.165, 1.54) is 0 Å². The van der Waals surface area contributed by atoms with E-state index < -0.39 is 0 Å². The van der Waals surface area contributed by atoms with Gasteiger partial charge in [0.15, 0.2) is 5.69 Å². The van der Waals surface area contributed by atoms with Gasteiger partial charge < -0.3 is 14.4 Å². The minimum atomic E-state index is -0.102. The van der Waals surface area contributed by atoms with E-state index >= 15 is 0 Å². The molecule has 0 bridgehead atoms. The molecule has 2 aliphatic rings. The highest BCUT2D eigenvalue weighted by Gasteiger charge is 2.29. The zero-order chi connectivity index (χ0) is 16.7. The van der Waals surface area contributed by atoms with Crippen molar-refractivity contribution in [3.8, 4) is 0 Å². The van der Waals surface area contributed by atoms with Crippen LogP contribution < -0.4 is 0 Å². The summed E-state index contributed by atoms with van der Waals surface area (Å²) < 4.78 is 3.63. The molecule has 1 saturated heterocycles. The van der Waals surface area contributed by atoms with Crippen LogP contribution in [0, 0.1) is 0 Å². The lowest BCUT2D eigenvalue weighted by atomic mass is 10.0. The van der Waals surface area contributed by atoms with Crippen molar-refractivity contribution in [1.82, 2.24) is 34.3 Å². The molecule has 0 atom stereocenters. The summed E-state index contributed by atoms with van der Waals surface area (Å²) >= 11 is 0. The van der Waals surface area contributed by atoms with Crippen molar-refractivity contribution >= 4 is 11.8 Å². The summed E-state index contributed by atoms with van der Waals surface area (Å²) in [6.45, 7) is 2.57. The van der Waals surface area contributed by atoms with Crippen LogP contribution in [0.15, 0.2) is 18.7 Å². The third kappa shape index (κ3) is 2.45. The fourth-order valence-corrected chi connectivity index (χ4v) is 3.33. The highest BCUT2D eigenvalue weighted by molar-refractivity contribution is 5.98. The van der Waals surface area contributed by atoms with Crippen LogP contribution >= 0.6 is 0 Å². The number of amides is 2. The molecule has 4 rings (SSSR count). The minimum Gasteiger partial charge on any atom is -0.339 e. The van der Waals surface area contributed by atoms with E-state index in [0.717, 1.165) is 12.8 Å². The number of carbonyl (C=O) groups is 2. The predicted octanol–water partition coefficient (Wildman–Crippen LogP) is 0.0375. The molecule has 9 heteroatoms. The molecule has 0 aromatic carbocycles. The summed E-state index contributed by atoms with van der Waals surface area (Å²) in [7, 11) is 1.76. The van der Waals surface area contributed by atoms with Crippen LogP contribution in [0.2, 0.25) is 0 Å². The van der Waals surface area contributed by atoms with Gasteiger partial charge >= 0.3 is 0 Å². The quantitative estimate of drug-likeness (QED) is 0.776. The van der Waals surface area contributed by atoms with Gasteiger partial charge in [-0.1, -0.05) is 0 Å². The standard InChI is InChI=1S/C15H19N7O2/c1-19-6-7-22-13(15(19)24)8-12(18-22)14(23)20-4-2-11(3-5-20)21-9-16-17-10-21/h8-11H,2-7H2,1H3. The normalized spacial score (nSPS) is 18.8. The van der Waals surface area contributed by atoms with Crippen LogP contribution in [0.4, 0.5) is 0 Å². The molecule has 0 radical (unpaired) electrons. The average molecular weight is 329 g/mol. The summed E-state index contributed by atoms with van der Waals surface area (Å²) in [5.41, 5.74) is 0.850. The highest BCUT2D eigenvalue weighted by atomic mass is 16.2. The Balaban J connectivity index is 1.46. The SMILES string of the molecule is CN1CCn2nc(C(=O)N3CCC(n4cnnc4)CC3)cc2C1=O. The molecule has 0 aliphatic carbocycles. The summed E-state index contributed by atoms with van der Waals surface area (Å²) in [6, 6.07) is 1.95. The average Bonchev–Trinajstić information content (AvgIpc) is 3.27. The van der Waals surface area contributed by atoms with Crippen molar-refractivity contribution in [2.75, 3.05) is 26.7 Å². The summed E-state index contributed by atoms with van der Waals surface area (Å²) in [5.74, 6) is -0.186. The number of hydrogen-bond acceptors (Lipinski definition) is 5. The molecular weight excluding hydrogens is 310 g/mol. The zero-order valence-electron chi connectivity index (χ0n) is 13.5. The molecule has 2 aromatic rings. The smallest absolute Gasteiger partial charge is 0.274 e. The summed E-state index contributed by atoms with van der Waals surface area (Å²) in [4.78, 5) is 28.3. The largest absolute Gasteiger partial charge is 0.339 e. The Bertz CT molecular complexity index is 759. The molecular formula is C15H19N7O2. The van der Waals surface area contributed by atoms with Gasteiger partial charge in [0.1, 0.15) is 18.3 Å². The van der Waals surface area contributed by atoms with Crippen molar-refractivity contribution in [3.05, 3.63) is 30.1 Å². The van der Waals surface area contributed by atoms with Crippen molar-refractivity contribution in [1.29, 1.82) is 0 Å². The maximum Gasteiger partial charge on any atom is 0.274 e. The predicted molar refractivity (Wildman–Crippen MR) is 83.4 cm³/mol. The third-order valence-corrected chi connectivity index (χ3v) is 4.82. The molecule has 2 aromatic heterocycles. The van der Waals surface area contributed by atoms with Gasteiger partial charge in [0.25, 0.3) is 11.8 Å². The first-order valence-electron chi connectivity index (χ1n) is 8.10. The molecule has 0 saturated carbocycles. The van der Waals surface area contributed by atoms with Crippen molar-refractivity contribution in [2.24, 2.45) is 0 Å². The van der Waals surface area contributed by atoms with Gasteiger partial charge in [0.2, 0.25) is 0 Å². The van der Waals surface area contributed by atoms with Crippen LogP contribution in [-0.4, -0.2) is 72.8 Å². The Morgan fingerprint density at radius 3 is 2.54 bits per heavy atom. The molecule has 0 spiro atoms. The number of aromatic nitrogens is 5. The number of rotatable bonds is 2. The van der Waals surface area contributed by atoms with Crippen LogP contribution in [-0.2, 0) is 6.54 Å². The van der Waals surface area contributed by atoms with E-state index in [0.29, 0.717) is 43.6 Å². The molecule has 0 N–H and O–H groups in total. The molecule has 126 valence electrons. The van der Waals surface area contributed by atoms with Crippen LogP contribution in [0.1, 0.15) is 39.9 Å². The van der Waals surface area contributed by atoms with E-state index in [9.17, 15) is 9.59 Å². The maximum absolute atomic E-state index is 12.7. The fourth-order valence-electron chi connectivity index (χ4n) is 3.33. The van der Waals surface area contributed by atoms with Gasteiger partial charge in [-0.2, -0.15) is 5.10 Å². The molecule has 0 unspecified atom stereocenters. The second-order valence-corrected chi connectivity index (χ2v) is 6.30. The Kier molecular flexibility index (Phi) is 3.55. The number of carbonyl (C=O) groups excluding carboxylic acids is 2. The van der Waals surface area contributed by atoms with Gasteiger partial charge in [-0.3, -0.25) is 14.3 Å². The zero-order valence-corrected chi connectivity index (χ0v) is 13.5.